The van der Waals surface area contributed by atoms with Crippen LogP contribution < -0.4 is 10.5 Å². The minimum Gasteiger partial charge on any atom is -0.490 e. The van der Waals surface area contributed by atoms with E-state index in [2.05, 4.69) is 0 Å². The van der Waals surface area contributed by atoms with Crippen LogP contribution in [0, 0.1) is 0 Å². The number of primary amides is 1. The van der Waals surface area contributed by atoms with Crippen LogP contribution in [0.1, 0.15) is 32.1 Å². The van der Waals surface area contributed by atoms with Gasteiger partial charge < -0.3 is 10.5 Å². The van der Waals surface area contributed by atoms with E-state index in [0.29, 0.717) is 38.9 Å². The molecule has 1 amide bonds. The predicted octanol–water partition coefficient (Wildman–Crippen LogP) is 1.11. The van der Waals surface area contributed by atoms with E-state index >= 15 is 0 Å². The highest BCUT2D eigenvalue weighted by atomic mass is 32.2. The Hall–Kier alpha value is -1.64. The lowest BCUT2D eigenvalue weighted by Crippen LogP contribution is -2.56. The van der Waals surface area contributed by atoms with Crippen molar-refractivity contribution in [2.24, 2.45) is 5.73 Å². The van der Waals surface area contributed by atoms with E-state index < -0.39 is 22.2 Å². The molecule has 2 fully saturated rings. The molecule has 0 saturated carbocycles. The molecule has 25 heavy (non-hydrogen) atoms. The number of ether oxygens (including phenoxy) is 1. The predicted molar refractivity (Wildman–Crippen MR) is 94.1 cm³/mol. The summed E-state index contributed by atoms with van der Waals surface area (Å²) in [6, 6.07) is 8.82. The van der Waals surface area contributed by atoms with Crippen LogP contribution in [0.3, 0.4) is 0 Å². The van der Waals surface area contributed by atoms with E-state index in [1.165, 1.54) is 8.61 Å². The molecule has 2 saturated heterocycles. The lowest BCUT2D eigenvalue weighted by Gasteiger charge is -2.39. The third-order valence-corrected chi connectivity index (χ3v) is 6.90. The van der Waals surface area contributed by atoms with Gasteiger partial charge in [-0.2, -0.15) is 17.0 Å². The zero-order valence-corrected chi connectivity index (χ0v) is 15.0. The quantitative estimate of drug-likeness (QED) is 0.844. The van der Waals surface area contributed by atoms with E-state index in [1.54, 1.807) is 0 Å². The van der Waals surface area contributed by atoms with Gasteiger partial charge in [-0.15, -0.1) is 0 Å². The van der Waals surface area contributed by atoms with Crippen molar-refractivity contribution in [3.8, 4) is 5.75 Å². The topological polar surface area (TPSA) is 92.9 Å². The Kier molecular flexibility index (Phi) is 5.61. The number of piperidine rings is 2. The normalized spacial score (nSPS) is 24.1. The van der Waals surface area contributed by atoms with Crippen molar-refractivity contribution < 1.29 is 17.9 Å². The molecule has 0 bridgehead atoms. The van der Waals surface area contributed by atoms with Crippen LogP contribution in [-0.4, -0.2) is 54.7 Å². The third kappa shape index (κ3) is 4.13. The summed E-state index contributed by atoms with van der Waals surface area (Å²) in [4.78, 5) is 11.6. The van der Waals surface area contributed by atoms with Crippen LogP contribution >= 0.6 is 0 Å². The van der Waals surface area contributed by atoms with Gasteiger partial charge in [0.25, 0.3) is 10.2 Å². The second-order valence-corrected chi connectivity index (χ2v) is 8.44. The van der Waals surface area contributed by atoms with E-state index in [0.717, 1.165) is 18.6 Å². The summed E-state index contributed by atoms with van der Waals surface area (Å²) in [5, 5.41) is 0. The fourth-order valence-corrected chi connectivity index (χ4v) is 5.35. The average Bonchev–Trinajstić information content (AvgIpc) is 2.63. The highest BCUT2D eigenvalue weighted by molar-refractivity contribution is 7.86. The van der Waals surface area contributed by atoms with E-state index in [9.17, 15) is 13.2 Å². The largest absolute Gasteiger partial charge is 0.490 e. The van der Waals surface area contributed by atoms with Crippen LogP contribution in [-0.2, 0) is 15.0 Å². The van der Waals surface area contributed by atoms with Crippen LogP contribution in [0.2, 0.25) is 0 Å². The first kappa shape index (κ1) is 18.2. The minimum atomic E-state index is -3.67. The number of nitrogens with two attached hydrogens (primary N) is 1. The molecule has 2 N–H and O–H groups in total. The van der Waals surface area contributed by atoms with Gasteiger partial charge in [0, 0.05) is 19.6 Å². The van der Waals surface area contributed by atoms with Gasteiger partial charge in [-0.25, -0.2) is 0 Å². The average molecular weight is 367 g/mol. The molecule has 7 nitrogen and oxygen atoms in total. The molecule has 0 aliphatic carbocycles. The number of amides is 1. The van der Waals surface area contributed by atoms with Crippen molar-refractivity contribution in [1.82, 2.24) is 8.61 Å². The SMILES string of the molecule is NC(=O)C1CCCCN1S(=O)(=O)N1CCC(Oc2ccccc2)CC1. The second-order valence-electron chi connectivity index (χ2n) is 6.56. The molecular weight excluding hydrogens is 342 g/mol. The van der Waals surface area contributed by atoms with Gasteiger partial charge in [0.1, 0.15) is 17.9 Å². The number of hydrogen-bond acceptors (Lipinski definition) is 4. The smallest absolute Gasteiger partial charge is 0.282 e. The summed E-state index contributed by atoms with van der Waals surface area (Å²) in [6.07, 6.45) is 3.35. The number of para-hydroxylation sites is 1. The number of benzene rings is 1. The standard InChI is InChI=1S/C17H25N3O4S/c18-17(21)16-8-4-5-11-20(16)25(22,23)19-12-9-15(10-13-19)24-14-6-2-1-3-7-14/h1-3,6-7,15-16H,4-5,8-13H2,(H2,18,21). The zero-order chi connectivity index (χ0) is 17.9. The summed E-state index contributed by atoms with van der Waals surface area (Å²) in [7, 11) is -3.67. The van der Waals surface area contributed by atoms with Crippen LogP contribution in [0.4, 0.5) is 0 Å². The molecule has 1 aromatic carbocycles. The molecule has 2 aliphatic rings. The van der Waals surface area contributed by atoms with Gasteiger partial charge in [-0.1, -0.05) is 24.6 Å². The first-order valence-corrected chi connectivity index (χ1v) is 10.2. The number of hydrogen-bond donors (Lipinski definition) is 1. The Morgan fingerprint density at radius 3 is 2.36 bits per heavy atom. The number of rotatable bonds is 5. The maximum absolute atomic E-state index is 12.9. The summed E-state index contributed by atoms with van der Waals surface area (Å²) in [6.45, 7) is 1.14. The van der Waals surface area contributed by atoms with Crippen LogP contribution in [0.5, 0.6) is 5.75 Å². The lowest BCUT2D eigenvalue weighted by molar-refractivity contribution is -0.122. The monoisotopic (exact) mass is 367 g/mol. The van der Waals surface area contributed by atoms with Crippen molar-refractivity contribution in [3.05, 3.63) is 30.3 Å². The molecule has 0 spiro atoms. The molecule has 1 aromatic rings. The van der Waals surface area contributed by atoms with Gasteiger partial charge in [0.05, 0.1) is 0 Å². The molecule has 2 aliphatic heterocycles. The highest BCUT2D eigenvalue weighted by Crippen LogP contribution is 2.26. The molecule has 8 heteroatoms. The van der Waals surface area contributed by atoms with Crippen LogP contribution in [0.15, 0.2) is 30.3 Å². The number of nitrogens with zero attached hydrogens (tertiary/aromatic N) is 2. The van der Waals surface area contributed by atoms with E-state index in [-0.39, 0.29) is 6.10 Å². The first-order chi connectivity index (χ1) is 12.0. The van der Waals surface area contributed by atoms with Crippen molar-refractivity contribution in [3.63, 3.8) is 0 Å². The fraction of sp³-hybridized carbons (Fsp3) is 0.588. The molecular formula is C17H25N3O4S. The Morgan fingerprint density at radius 1 is 1.04 bits per heavy atom. The number of carbonyl (C=O) groups excluding carboxylic acids is 1. The second kappa shape index (κ2) is 7.72. The Morgan fingerprint density at radius 2 is 1.72 bits per heavy atom. The maximum Gasteiger partial charge on any atom is 0.282 e. The van der Waals surface area contributed by atoms with E-state index in [1.807, 2.05) is 30.3 Å². The fourth-order valence-electron chi connectivity index (χ4n) is 3.49. The maximum atomic E-state index is 12.9. The third-order valence-electron chi connectivity index (χ3n) is 4.85. The lowest BCUT2D eigenvalue weighted by atomic mass is 10.0. The summed E-state index contributed by atoms with van der Waals surface area (Å²) in [5.41, 5.74) is 5.41. The van der Waals surface area contributed by atoms with Crippen molar-refractivity contribution >= 4 is 16.1 Å². The Bertz CT molecular complexity index is 687. The van der Waals surface area contributed by atoms with Crippen molar-refractivity contribution in [2.45, 2.75) is 44.2 Å². The van der Waals surface area contributed by atoms with Gasteiger partial charge in [-0.3, -0.25) is 4.79 Å². The molecule has 1 unspecified atom stereocenters. The highest BCUT2D eigenvalue weighted by Gasteiger charge is 2.40. The molecule has 0 aromatic heterocycles. The Labute approximate surface area is 148 Å². The zero-order valence-electron chi connectivity index (χ0n) is 14.2. The molecule has 2 heterocycles. The van der Waals surface area contributed by atoms with Crippen molar-refractivity contribution in [1.29, 1.82) is 0 Å². The summed E-state index contributed by atoms with van der Waals surface area (Å²) >= 11 is 0. The summed E-state index contributed by atoms with van der Waals surface area (Å²) < 4.78 is 34.5. The van der Waals surface area contributed by atoms with Crippen LogP contribution in [0.25, 0.3) is 0 Å². The molecule has 3 rings (SSSR count). The van der Waals surface area contributed by atoms with Gasteiger partial charge >= 0.3 is 0 Å². The molecule has 138 valence electrons. The molecule has 1 atom stereocenters. The first-order valence-electron chi connectivity index (χ1n) is 8.76. The Balaban J connectivity index is 1.62. The minimum absolute atomic E-state index is 0.00198. The van der Waals surface area contributed by atoms with Crippen molar-refractivity contribution in [2.75, 3.05) is 19.6 Å². The van der Waals surface area contributed by atoms with Gasteiger partial charge in [-0.05, 0) is 37.8 Å². The number of carbonyl (C=O) groups is 1. The molecule has 0 radical (unpaired) electrons. The van der Waals surface area contributed by atoms with Gasteiger partial charge in [0.2, 0.25) is 5.91 Å². The van der Waals surface area contributed by atoms with E-state index in [4.69, 9.17) is 10.5 Å². The van der Waals surface area contributed by atoms with Gasteiger partial charge in [0.15, 0.2) is 0 Å². The summed E-state index contributed by atoms with van der Waals surface area (Å²) in [5.74, 6) is 0.235.